The number of likely N-dealkylation sites (N-methyl/N-ethyl adjacent to an activating group) is 1. The summed E-state index contributed by atoms with van der Waals surface area (Å²) in [4.78, 5) is 11.7. The normalized spacial score (nSPS) is 9.95. The zero-order valence-corrected chi connectivity index (χ0v) is 12.6. The average Bonchev–Trinajstić information content (AvgIpc) is 2.69. The summed E-state index contributed by atoms with van der Waals surface area (Å²) in [6.45, 7) is 4.23. The van der Waals surface area contributed by atoms with Gasteiger partial charge in [0.15, 0.2) is 0 Å². The Labute approximate surface area is 124 Å². The van der Waals surface area contributed by atoms with E-state index in [9.17, 15) is 4.79 Å². The molecule has 2 N–H and O–H groups in total. The number of halogens is 1. The Hall–Kier alpha value is -1.85. The van der Waals surface area contributed by atoms with Crippen LogP contribution < -0.4 is 10.6 Å². The third kappa shape index (κ3) is 3.59. The number of aryl methyl sites for hydroxylation is 2. The molecule has 2 rings (SSSR count). The molecule has 0 aliphatic carbocycles. The van der Waals surface area contributed by atoms with Gasteiger partial charge in [-0.3, -0.25) is 4.79 Å². The van der Waals surface area contributed by atoms with Crippen molar-refractivity contribution in [2.24, 2.45) is 0 Å². The predicted octanol–water partition coefficient (Wildman–Crippen LogP) is 2.07. The minimum absolute atomic E-state index is 0. The first kappa shape index (κ1) is 16.2. The van der Waals surface area contributed by atoms with Crippen molar-refractivity contribution in [3.05, 3.63) is 41.7 Å². The molecule has 1 amide bonds. The van der Waals surface area contributed by atoms with E-state index in [-0.39, 0.29) is 24.9 Å². The lowest BCUT2D eigenvalue weighted by molar-refractivity contribution is -0.115. The number of hydrogen-bond acceptors (Lipinski definition) is 3. The number of aromatic nitrogens is 2. The Morgan fingerprint density at radius 1 is 1.30 bits per heavy atom. The van der Waals surface area contributed by atoms with Crippen LogP contribution in [0.1, 0.15) is 11.4 Å². The summed E-state index contributed by atoms with van der Waals surface area (Å²) in [6.07, 6.45) is 0. The van der Waals surface area contributed by atoms with E-state index in [1.54, 1.807) is 7.05 Å². The minimum atomic E-state index is -0.0727. The number of nitrogens with one attached hydrogen (secondary N) is 2. The summed E-state index contributed by atoms with van der Waals surface area (Å²) >= 11 is 0. The maximum Gasteiger partial charge on any atom is 0.238 e. The molecular formula is C14H19ClN4O. The van der Waals surface area contributed by atoms with E-state index in [0.717, 1.165) is 22.8 Å². The van der Waals surface area contributed by atoms with Gasteiger partial charge >= 0.3 is 0 Å². The first-order valence-electron chi connectivity index (χ1n) is 6.19. The van der Waals surface area contributed by atoms with Crippen molar-refractivity contribution in [3.63, 3.8) is 0 Å². The van der Waals surface area contributed by atoms with Crippen LogP contribution in [-0.4, -0.2) is 29.3 Å². The van der Waals surface area contributed by atoms with Gasteiger partial charge in [0, 0.05) is 5.69 Å². The van der Waals surface area contributed by atoms with E-state index < -0.39 is 0 Å². The van der Waals surface area contributed by atoms with Crippen LogP contribution in [0.3, 0.4) is 0 Å². The number of rotatable bonds is 4. The minimum Gasteiger partial charge on any atom is -0.323 e. The lowest BCUT2D eigenvalue weighted by atomic mass is 10.2. The highest BCUT2D eigenvalue weighted by Crippen LogP contribution is 2.21. The number of para-hydroxylation sites is 2. The summed E-state index contributed by atoms with van der Waals surface area (Å²) < 4.78 is 1.84. The number of amides is 1. The third-order valence-corrected chi connectivity index (χ3v) is 2.75. The monoisotopic (exact) mass is 294 g/mol. The van der Waals surface area contributed by atoms with Gasteiger partial charge in [0.2, 0.25) is 5.91 Å². The van der Waals surface area contributed by atoms with Crippen LogP contribution in [0.5, 0.6) is 0 Å². The molecule has 0 saturated heterocycles. The standard InChI is InChI=1S/C14H18N4O.ClH/c1-10-8-11(2)18(17-10)13-7-5-4-6-12(13)16-14(19)9-15-3;/h4-8,15H,9H2,1-3H3,(H,16,19);1H. The lowest BCUT2D eigenvalue weighted by Gasteiger charge is -2.12. The van der Waals surface area contributed by atoms with Crippen molar-refractivity contribution in [2.75, 3.05) is 18.9 Å². The Morgan fingerprint density at radius 3 is 2.60 bits per heavy atom. The topological polar surface area (TPSA) is 59.0 Å². The number of nitrogens with zero attached hydrogens (tertiary/aromatic N) is 2. The van der Waals surface area contributed by atoms with E-state index in [1.807, 2.05) is 48.9 Å². The molecule has 1 heterocycles. The predicted molar refractivity (Wildman–Crippen MR) is 82.8 cm³/mol. The molecular weight excluding hydrogens is 276 g/mol. The molecule has 1 aromatic heterocycles. The second kappa shape index (κ2) is 7.07. The van der Waals surface area contributed by atoms with Crippen molar-refractivity contribution in [1.82, 2.24) is 15.1 Å². The third-order valence-electron chi connectivity index (χ3n) is 2.75. The largest absolute Gasteiger partial charge is 0.323 e. The second-order valence-corrected chi connectivity index (χ2v) is 4.43. The number of hydrogen-bond donors (Lipinski definition) is 2. The fourth-order valence-corrected chi connectivity index (χ4v) is 1.99. The maximum absolute atomic E-state index is 11.7. The fourth-order valence-electron chi connectivity index (χ4n) is 1.99. The number of benzene rings is 1. The molecule has 0 spiro atoms. The van der Waals surface area contributed by atoms with E-state index in [1.165, 1.54) is 0 Å². The highest BCUT2D eigenvalue weighted by atomic mass is 35.5. The summed E-state index contributed by atoms with van der Waals surface area (Å²) in [5.41, 5.74) is 3.62. The molecule has 6 heteroatoms. The fraction of sp³-hybridized carbons (Fsp3) is 0.286. The highest BCUT2D eigenvalue weighted by Gasteiger charge is 2.10. The molecule has 108 valence electrons. The zero-order valence-electron chi connectivity index (χ0n) is 11.8. The highest BCUT2D eigenvalue weighted by molar-refractivity contribution is 5.94. The van der Waals surface area contributed by atoms with Crippen molar-refractivity contribution in [3.8, 4) is 5.69 Å². The van der Waals surface area contributed by atoms with Crippen LogP contribution in [0.25, 0.3) is 5.69 Å². The number of anilines is 1. The average molecular weight is 295 g/mol. The van der Waals surface area contributed by atoms with Crippen molar-refractivity contribution in [1.29, 1.82) is 0 Å². The molecule has 0 bridgehead atoms. The van der Waals surface area contributed by atoms with Crippen molar-refractivity contribution >= 4 is 24.0 Å². The summed E-state index contributed by atoms with van der Waals surface area (Å²) in [7, 11) is 1.74. The van der Waals surface area contributed by atoms with Crippen molar-refractivity contribution in [2.45, 2.75) is 13.8 Å². The Kier molecular flexibility index (Phi) is 5.73. The van der Waals surface area contributed by atoms with E-state index in [2.05, 4.69) is 15.7 Å². The molecule has 0 fully saturated rings. The second-order valence-electron chi connectivity index (χ2n) is 4.43. The van der Waals surface area contributed by atoms with E-state index in [4.69, 9.17) is 0 Å². The maximum atomic E-state index is 11.7. The molecule has 20 heavy (non-hydrogen) atoms. The van der Waals surface area contributed by atoms with Gasteiger partial charge in [0.25, 0.3) is 0 Å². The molecule has 0 saturated carbocycles. The van der Waals surface area contributed by atoms with E-state index >= 15 is 0 Å². The molecule has 5 nitrogen and oxygen atoms in total. The van der Waals surface area contributed by atoms with Gasteiger partial charge < -0.3 is 10.6 Å². The quantitative estimate of drug-likeness (QED) is 0.907. The molecule has 2 aromatic rings. The first-order valence-corrected chi connectivity index (χ1v) is 6.19. The molecule has 0 atom stereocenters. The van der Waals surface area contributed by atoms with Gasteiger partial charge in [-0.2, -0.15) is 5.10 Å². The van der Waals surface area contributed by atoms with Crippen LogP contribution in [0.2, 0.25) is 0 Å². The SMILES string of the molecule is CNCC(=O)Nc1ccccc1-n1nc(C)cc1C.Cl. The molecule has 0 aliphatic heterocycles. The van der Waals surface area contributed by atoms with Crippen LogP contribution in [-0.2, 0) is 4.79 Å². The Balaban J connectivity index is 0.00000200. The van der Waals surface area contributed by atoms with Gasteiger partial charge in [-0.25, -0.2) is 4.68 Å². The van der Waals surface area contributed by atoms with Crippen LogP contribution in [0, 0.1) is 13.8 Å². The van der Waals surface area contributed by atoms with Crippen LogP contribution in [0.15, 0.2) is 30.3 Å². The summed E-state index contributed by atoms with van der Waals surface area (Å²) in [6, 6.07) is 9.64. The lowest BCUT2D eigenvalue weighted by Crippen LogP contribution is -2.25. The van der Waals surface area contributed by atoms with Gasteiger partial charge in [-0.15, -0.1) is 12.4 Å². The first-order chi connectivity index (χ1) is 9.11. The zero-order chi connectivity index (χ0) is 13.8. The molecule has 1 aromatic carbocycles. The van der Waals surface area contributed by atoms with Crippen molar-refractivity contribution < 1.29 is 4.79 Å². The summed E-state index contributed by atoms with van der Waals surface area (Å²) in [5, 5.41) is 10.2. The summed E-state index contributed by atoms with van der Waals surface area (Å²) in [5.74, 6) is -0.0727. The molecule has 0 unspecified atom stereocenters. The molecule has 0 aliphatic rings. The van der Waals surface area contributed by atoms with Gasteiger partial charge in [-0.1, -0.05) is 12.1 Å². The smallest absolute Gasteiger partial charge is 0.238 e. The number of carbonyl (C=O) groups excluding carboxylic acids is 1. The number of carbonyl (C=O) groups is 1. The van der Waals surface area contributed by atoms with Crippen LogP contribution >= 0.6 is 12.4 Å². The molecule has 0 radical (unpaired) electrons. The Bertz CT molecular complexity index is 595. The van der Waals surface area contributed by atoms with Gasteiger partial charge in [0.05, 0.1) is 23.6 Å². The van der Waals surface area contributed by atoms with Gasteiger partial charge in [-0.05, 0) is 39.1 Å². The Morgan fingerprint density at radius 2 is 2.00 bits per heavy atom. The van der Waals surface area contributed by atoms with Gasteiger partial charge in [0.1, 0.15) is 0 Å². The van der Waals surface area contributed by atoms with E-state index in [0.29, 0.717) is 0 Å². The van der Waals surface area contributed by atoms with Crippen LogP contribution in [0.4, 0.5) is 5.69 Å².